The fraction of sp³-hybridized carbons (Fsp3) is 0.333. The number of fused-ring (bicyclic) bond motifs is 1. The van der Waals surface area contributed by atoms with Gasteiger partial charge >= 0.3 is 0 Å². The van der Waals surface area contributed by atoms with E-state index in [1.807, 2.05) is 40.8 Å². The lowest BCUT2D eigenvalue weighted by Gasteiger charge is -2.27. The van der Waals surface area contributed by atoms with Gasteiger partial charge < -0.3 is 4.90 Å². The van der Waals surface area contributed by atoms with Crippen LogP contribution in [-0.4, -0.2) is 57.8 Å². The summed E-state index contributed by atoms with van der Waals surface area (Å²) in [6.07, 6.45) is 11.9. The zero-order valence-electron chi connectivity index (χ0n) is 17.3. The van der Waals surface area contributed by atoms with Gasteiger partial charge in [0.15, 0.2) is 0 Å². The highest BCUT2D eigenvalue weighted by atomic mass is 16.2. The predicted octanol–water partition coefficient (Wildman–Crippen LogP) is 1.85. The lowest BCUT2D eigenvalue weighted by molar-refractivity contribution is -0.128. The lowest BCUT2D eigenvalue weighted by atomic mass is 9.95. The van der Waals surface area contributed by atoms with Crippen LogP contribution < -0.4 is 0 Å². The van der Waals surface area contributed by atoms with Crippen LogP contribution in [0.1, 0.15) is 19.8 Å². The van der Waals surface area contributed by atoms with Gasteiger partial charge in [0.1, 0.15) is 11.5 Å². The Bertz CT molecular complexity index is 1320. The molecule has 1 aliphatic rings. The van der Waals surface area contributed by atoms with E-state index in [0.717, 1.165) is 22.5 Å². The molecule has 1 saturated heterocycles. The first-order chi connectivity index (χ1) is 15.0. The summed E-state index contributed by atoms with van der Waals surface area (Å²) >= 11 is 0. The molecule has 10 nitrogen and oxygen atoms in total. The monoisotopic (exact) mass is 415 g/mol. The van der Waals surface area contributed by atoms with E-state index < -0.39 is 5.54 Å². The molecule has 5 heterocycles. The second kappa shape index (κ2) is 7.05. The maximum absolute atomic E-state index is 11.9. The summed E-state index contributed by atoms with van der Waals surface area (Å²) in [6, 6.07) is 4.20. The van der Waals surface area contributed by atoms with Crippen LogP contribution in [0.25, 0.3) is 28.3 Å². The van der Waals surface area contributed by atoms with E-state index in [1.54, 1.807) is 35.1 Å². The first-order valence-corrected chi connectivity index (χ1v) is 10.0. The molecule has 0 aromatic carbocycles. The molecule has 0 spiro atoms. The zero-order valence-corrected chi connectivity index (χ0v) is 17.3. The molecule has 0 saturated carbocycles. The van der Waals surface area contributed by atoms with Crippen LogP contribution in [0, 0.1) is 11.3 Å². The average Bonchev–Trinajstić information content (AvgIpc) is 3.53. The fourth-order valence-corrected chi connectivity index (χ4v) is 4.21. The highest BCUT2D eigenvalue weighted by Crippen LogP contribution is 2.34. The molecule has 5 rings (SSSR count). The molecule has 1 amide bonds. The number of aromatic nitrogens is 7. The van der Waals surface area contributed by atoms with Gasteiger partial charge in [0, 0.05) is 63.5 Å². The first-order valence-electron chi connectivity index (χ1n) is 10.0. The maximum Gasteiger partial charge on any atom is 0.219 e. The van der Waals surface area contributed by atoms with Crippen LogP contribution in [0.4, 0.5) is 0 Å². The molecule has 156 valence electrons. The van der Waals surface area contributed by atoms with Crippen LogP contribution in [0.3, 0.4) is 0 Å². The van der Waals surface area contributed by atoms with Crippen LogP contribution in [0.2, 0.25) is 0 Å². The number of carbonyl (C=O) groups excluding carboxylic acids is 1. The van der Waals surface area contributed by atoms with Crippen molar-refractivity contribution in [2.75, 3.05) is 13.1 Å². The molecule has 1 unspecified atom stereocenters. The number of imidazole rings is 1. The van der Waals surface area contributed by atoms with Gasteiger partial charge in [-0.1, -0.05) is 0 Å². The number of nitrogens with zero attached hydrogens (tertiary/aromatic N) is 9. The highest BCUT2D eigenvalue weighted by Gasteiger charge is 2.41. The maximum atomic E-state index is 11.9. The SMILES string of the molecule is CC(=O)N1CCC(CC#N)(n2cc(-c3nc(-c4cnn(C)c4)cc4nccn34)cn2)C1. The third-order valence-corrected chi connectivity index (χ3v) is 5.90. The van der Waals surface area contributed by atoms with Crippen LogP contribution in [0.15, 0.2) is 43.2 Å². The number of hydrogen-bond donors (Lipinski definition) is 0. The summed E-state index contributed by atoms with van der Waals surface area (Å²) in [5.74, 6) is 0.715. The zero-order chi connectivity index (χ0) is 21.6. The van der Waals surface area contributed by atoms with Crippen molar-refractivity contribution in [3.05, 3.63) is 43.2 Å². The van der Waals surface area contributed by atoms with Gasteiger partial charge in [-0.2, -0.15) is 15.5 Å². The topological polar surface area (TPSA) is 110 Å². The van der Waals surface area contributed by atoms with E-state index in [1.165, 1.54) is 0 Å². The molecular formula is C21H21N9O. The Hall–Kier alpha value is -4.00. The molecule has 4 aromatic heterocycles. The van der Waals surface area contributed by atoms with E-state index in [4.69, 9.17) is 4.98 Å². The van der Waals surface area contributed by atoms with Crippen LogP contribution in [0.5, 0.6) is 0 Å². The average molecular weight is 415 g/mol. The Morgan fingerprint density at radius 3 is 2.81 bits per heavy atom. The summed E-state index contributed by atoms with van der Waals surface area (Å²) in [4.78, 5) is 22.9. The molecule has 10 heteroatoms. The molecule has 0 radical (unpaired) electrons. The third-order valence-electron chi connectivity index (χ3n) is 5.90. The fourth-order valence-electron chi connectivity index (χ4n) is 4.21. The summed E-state index contributed by atoms with van der Waals surface area (Å²) in [5.41, 5.74) is 2.72. The van der Waals surface area contributed by atoms with Gasteiger partial charge in [-0.25, -0.2) is 9.97 Å². The standard InChI is InChI=1S/C21H21N9O/c1-15(31)28-7-4-21(14-28,3-5-22)30-13-17(11-25-30)20-26-18(16-10-24-27(2)12-16)9-19-23-6-8-29(19)20/h6,8-13H,3-4,7,14H2,1-2H3. The minimum Gasteiger partial charge on any atom is -0.340 e. The van der Waals surface area contributed by atoms with Crippen molar-refractivity contribution in [3.8, 4) is 28.7 Å². The first kappa shape index (κ1) is 19.0. The van der Waals surface area contributed by atoms with Crippen LogP contribution in [-0.2, 0) is 17.4 Å². The summed E-state index contributed by atoms with van der Waals surface area (Å²) in [5, 5.41) is 18.3. The molecule has 0 bridgehead atoms. The minimum atomic E-state index is -0.534. The second-order valence-corrected chi connectivity index (χ2v) is 7.95. The Labute approximate surface area is 178 Å². The Morgan fingerprint density at radius 2 is 2.10 bits per heavy atom. The number of carbonyl (C=O) groups is 1. The van der Waals surface area contributed by atoms with Crippen molar-refractivity contribution in [1.29, 1.82) is 5.26 Å². The Balaban J connectivity index is 1.59. The number of hydrogen-bond acceptors (Lipinski definition) is 6. The number of aryl methyl sites for hydroxylation is 1. The molecule has 31 heavy (non-hydrogen) atoms. The predicted molar refractivity (Wildman–Crippen MR) is 111 cm³/mol. The van der Waals surface area contributed by atoms with Crippen molar-refractivity contribution < 1.29 is 4.79 Å². The molecule has 0 N–H and O–H groups in total. The largest absolute Gasteiger partial charge is 0.340 e. The van der Waals surface area contributed by atoms with Gasteiger partial charge in [-0.3, -0.25) is 18.6 Å². The van der Waals surface area contributed by atoms with Gasteiger partial charge in [-0.05, 0) is 6.42 Å². The van der Waals surface area contributed by atoms with Gasteiger partial charge in [0.25, 0.3) is 0 Å². The molecular weight excluding hydrogens is 394 g/mol. The van der Waals surface area contributed by atoms with E-state index in [2.05, 4.69) is 21.3 Å². The Kier molecular flexibility index (Phi) is 4.32. The number of amides is 1. The second-order valence-electron chi connectivity index (χ2n) is 7.95. The van der Waals surface area contributed by atoms with Gasteiger partial charge in [0.05, 0.1) is 41.7 Å². The van der Waals surface area contributed by atoms with Crippen molar-refractivity contribution in [3.63, 3.8) is 0 Å². The van der Waals surface area contributed by atoms with E-state index in [-0.39, 0.29) is 12.3 Å². The quantitative estimate of drug-likeness (QED) is 0.503. The minimum absolute atomic E-state index is 0.0122. The van der Waals surface area contributed by atoms with E-state index in [0.29, 0.717) is 25.3 Å². The highest BCUT2D eigenvalue weighted by molar-refractivity contribution is 5.73. The summed E-state index contributed by atoms with van der Waals surface area (Å²) in [6.45, 7) is 2.65. The third kappa shape index (κ3) is 3.15. The molecule has 0 aliphatic carbocycles. The number of nitriles is 1. The molecule has 1 aliphatic heterocycles. The van der Waals surface area contributed by atoms with E-state index in [9.17, 15) is 10.1 Å². The van der Waals surface area contributed by atoms with Crippen molar-refractivity contribution in [2.45, 2.75) is 25.3 Å². The summed E-state index contributed by atoms with van der Waals surface area (Å²) in [7, 11) is 1.86. The van der Waals surface area contributed by atoms with E-state index >= 15 is 0 Å². The van der Waals surface area contributed by atoms with Crippen molar-refractivity contribution in [1.82, 2.24) is 38.8 Å². The van der Waals surface area contributed by atoms with Crippen LogP contribution >= 0.6 is 0 Å². The Morgan fingerprint density at radius 1 is 1.26 bits per heavy atom. The number of rotatable bonds is 4. The molecule has 1 atom stereocenters. The number of likely N-dealkylation sites (tertiary alicyclic amines) is 1. The summed E-state index contributed by atoms with van der Waals surface area (Å²) < 4.78 is 5.47. The molecule has 1 fully saturated rings. The van der Waals surface area contributed by atoms with Crippen molar-refractivity contribution >= 4 is 11.6 Å². The normalized spacial score (nSPS) is 18.5. The van der Waals surface area contributed by atoms with Gasteiger partial charge in [0.2, 0.25) is 5.91 Å². The van der Waals surface area contributed by atoms with Gasteiger partial charge in [-0.15, -0.1) is 0 Å². The smallest absolute Gasteiger partial charge is 0.219 e. The lowest BCUT2D eigenvalue weighted by Crippen LogP contribution is -2.38. The van der Waals surface area contributed by atoms with Crippen molar-refractivity contribution in [2.24, 2.45) is 7.05 Å². The molecule has 4 aromatic rings.